The van der Waals surface area contributed by atoms with Gasteiger partial charge in [-0.15, -0.1) is 0 Å². The van der Waals surface area contributed by atoms with E-state index in [2.05, 4.69) is 91.4 Å². The van der Waals surface area contributed by atoms with E-state index in [9.17, 15) is 0 Å². The van der Waals surface area contributed by atoms with E-state index < -0.39 is 0 Å². The highest BCUT2D eigenvalue weighted by Gasteiger charge is 2.18. The molecule has 0 amide bonds. The summed E-state index contributed by atoms with van der Waals surface area (Å²) in [7, 11) is 0. The van der Waals surface area contributed by atoms with Crippen LogP contribution in [0, 0.1) is 0 Å². The lowest BCUT2D eigenvalue weighted by Gasteiger charge is -2.14. The molecule has 2 aliphatic rings. The van der Waals surface area contributed by atoms with Crippen molar-refractivity contribution >= 4 is 46.4 Å². The number of nitrogens with one attached hydrogen (secondary N) is 2. The molecule has 5 rings (SSSR count). The van der Waals surface area contributed by atoms with Gasteiger partial charge in [0.1, 0.15) is 0 Å². The molecule has 0 fully saturated rings. The molecule has 0 aliphatic carbocycles. The summed E-state index contributed by atoms with van der Waals surface area (Å²) in [6.07, 6.45) is 16.8. The molecule has 0 aromatic carbocycles. The molecule has 4 nitrogen and oxygen atoms in total. The van der Waals surface area contributed by atoms with E-state index in [1.54, 1.807) is 0 Å². The Bertz CT molecular complexity index is 1410. The summed E-state index contributed by atoms with van der Waals surface area (Å²) >= 11 is 0. The molecular weight excluding hydrogens is 428 g/mol. The summed E-state index contributed by atoms with van der Waals surface area (Å²) < 4.78 is 0. The fraction of sp³-hybridized carbons (Fsp3) is 0.355. The standard InChI is InChI=1S/C31H36N4/c1-4-7-8-9-10-26-27-15-13-24(33-27)19-22-11-12-23(32-22)20-25-14-16-29(34-25)31(21(5-2)6-3)30-18-17-28(26)35-30/h11-21,32,34H,4-10H2,1-3H3. The van der Waals surface area contributed by atoms with Crippen molar-refractivity contribution in [2.75, 3.05) is 0 Å². The second-order valence-corrected chi connectivity index (χ2v) is 9.67. The largest absolute Gasteiger partial charge is 0.355 e. The van der Waals surface area contributed by atoms with E-state index >= 15 is 0 Å². The molecule has 0 saturated heterocycles. The molecule has 5 heterocycles. The van der Waals surface area contributed by atoms with Crippen LogP contribution in [0.15, 0.2) is 36.4 Å². The van der Waals surface area contributed by atoms with Gasteiger partial charge in [0.15, 0.2) is 0 Å². The summed E-state index contributed by atoms with van der Waals surface area (Å²) in [6.45, 7) is 6.81. The zero-order chi connectivity index (χ0) is 24.2. The maximum atomic E-state index is 5.24. The lowest BCUT2D eigenvalue weighted by molar-refractivity contribution is 0.642. The van der Waals surface area contributed by atoms with E-state index in [1.165, 1.54) is 35.9 Å². The molecule has 0 radical (unpaired) electrons. The Morgan fingerprint density at radius 1 is 0.686 bits per heavy atom. The van der Waals surface area contributed by atoms with Crippen LogP contribution in [0.3, 0.4) is 0 Å². The Balaban J connectivity index is 1.80. The maximum absolute atomic E-state index is 5.24. The van der Waals surface area contributed by atoms with Crippen LogP contribution in [-0.2, 0) is 6.42 Å². The number of nitrogens with zero attached hydrogens (tertiary/aromatic N) is 2. The molecule has 0 saturated carbocycles. The molecule has 180 valence electrons. The first-order valence-corrected chi connectivity index (χ1v) is 13.3. The lowest BCUT2D eigenvalue weighted by atomic mass is 9.92. The second-order valence-electron chi connectivity index (χ2n) is 9.67. The van der Waals surface area contributed by atoms with Gasteiger partial charge in [0.25, 0.3) is 0 Å². The van der Waals surface area contributed by atoms with Gasteiger partial charge in [-0.3, -0.25) is 0 Å². The van der Waals surface area contributed by atoms with Gasteiger partial charge in [-0.2, -0.15) is 0 Å². The van der Waals surface area contributed by atoms with Gasteiger partial charge in [0.05, 0.1) is 22.8 Å². The maximum Gasteiger partial charge on any atom is 0.0693 e. The number of H-pyrrole nitrogens is 2. The third kappa shape index (κ3) is 5.02. The van der Waals surface area contributed by atoms with Crippen LogP contribution in [-0.4, -0.2) is 19.9 Å². The number of aromatic nitrogens is 4. The van der Waals surface area contributed by atoms with E-state index in [0.717, 1.165) is 65.0 Å². The summed E-state index contributed by atoms with van der Waals surface area (Å²) in [5.41, 5.74) is 11.1. The fourth-order valence-corrected chi connectivity index (χ4v) is 5.26. The lowest BCUT2D eigenvalue weighted by Crippen LogP contribution is -2.00. The Kier molecular flexibility index (Phi) is 6.98. The Hall–Kier alpha value is -3.40. The van der Waals surface area contributed by atoms with Gasteiger partial charge in [0, 0.05) is 33.2 Å². The molecule has 3 aromatic rings. The molecule has 4 heteroatoms. The highest BCUT2D eigenvalue weighted by Crippen LogP contribution is 2.32. The molecule has 3 aromatic heterocycles. The van der Waals surface area contributed by atoms with Gasteiger partial charge >= 0.3 is 0 Å². The van der Waals surface area contributed by atoms with Crippen LogP contribution in [0.2, 0.25) is 0 Å². The minimum Gasteiger partial charge on any atom is -0.355 e. The van der Waals surface area contributed by atoms with Crippen LogP contribution in [0.4, 0.5) is 0 Å². The van der Waals surface area contributed by atoms with Crippen molar-refractivity contribution in [2.24, 2.45) is 0 Å². The zero-order valence-corrected chi connectivity index (χ0v) is 21.2. The summed E-state index contributed by atoms with van der Waals surface area (Å²) in [5.74, 6) is 0.450. The third-order valence-corrected chi connectivity index (χ3v) is 7.21. The SMILES string of the molecule is CCCCCCc1c2nc(cc3ccc(cc4ccc([nH]4)c(C(CC)CC)c4nc1C=C4)[nH]3)C=C2. The number of hydrogen-bond donors (Lipinski definition) is 2. The third-order valence-electron chi connectivity index (χ3n) is 7.21. The van der Waals surface area contributed by atoms with Crippen molar-refractivity contribution < 1.29 is 0 Å². The molecule has 0 spiro atoms. The Labute approximate surface area is 208 Å². The van der Waals surface area contributed by atoms with Crippen LogP contribution in [0.5, 0.6) is 0 Å². The molecule has 0 unspecified atom stereocenters. The summed E-state index contributed by atoms with van der Waals surface area (Å²) in [5, 5.41) is 0. The molecule has 2 aliphatic heterocycles. The monoisotopic (exact) mass is 464 g/mol. The van der Waals surface area contributed by atoms with Gasteiger partial charge in [-0.1, -0.05) is 40.0 Å². The number of rotatable bonds is 8. The molecule has 8 bridgehead atoms. The van der Waals surface area contributed by atoms with Gasteiger partial charge in [0.2, 0.25) is 0 Å². The molecular formula is C31H36N4. The minimum absolute atomic E-state index is 0.450. The predicted octanol–water partition coefficient (Wildman–Crippen LogP) is 8.68. The highest BCUT2D eigenvalue weighted by atomic mass is 14.8. The van der Waals surface area contributed by atoms with E-state index in [4.69, 9.17) is 9.97 Å². The molecule has 35 heavy (non-hydrogen) atoms. The average molecular weight is 465 g/mol. The number of hydrogen-bond acceptors (Lipinski definition) is 2. The van der Waals surface area contributed by atoms with Gasteiger partial charge < -0.3 is 9.97 Å². The minimum atomic E-state index is 0.450. The smallest absolute Gasteiger partial charge is 0.0693 e. The zero-order valence-electron chi connectivity index (χ0n) is 21.2. The fourth-order valence-electron chi connectivity index (χ4n) is 5.26. The van der Waals surface area contributed by atoms with Crippen molar-refractivity contribution in [3.05, 3.63) is 70.3 Å². The first kappa shape index (κ1) is 23.3. The first-order valence-electron chi connectivity index (χ1n) is 13.3. The van der Waals surface area contributed by atoms with E-state index in [0.29, 0.717) is 5.92 Å². The van der Waals surface area contributed by atoms with E-state index in [1.807, 2.05) is 0 Å². The summed E-state index contributed by atoms with van der Waals surface area (Å²) in [4.78, 5) is 17.4. The van der Waals surface area contributed by atoms with Crippen LogP contribution >= 0.6 is 0 Å². The normalized spacial score (nSPS) is 12.7. The van der Waals surface area contributed by atoms with E-state index in [-0.39, 0.29) is 0 Å². The Morgan fingerprint density at radius 3 is 2.17 bits per heavy atom. The molecule has 0 atom stereocenters. The topological polar surface area (TPSA) is 57.4 Å². The van der Waals surface area contributed by atoms with Crippen molar-refractivity contribution in [2.45, 2.75) is 71.6 Å². The van der Waals surface area contributed by atoms with Crippen molar-refractivity contribution in [1.29, 1.82) is 0 Å². The quantitative estimate of drug-likeness (QED) is 0.226. The number of unbranched alkanes of at least 4 members (excludes halogenated alkanes) is 3. The van der Waals surface area contributed by atoms with Crippen LogP contribution < -0.4 is 0 Å². The van der Waals surface area contributed by atoms with Crippen molar-refractivity contribution in [3.63, 3.8) is 0 Å². The number of aromatic amines is 2. The van der Waals surface area contributed by atoms with Crippen molar-refractivity contribution in [1.82, 2.24) is 19.9 Å². The van der Waals surface area contributed by atoms with Gasteiger partial charge in [-0.25, -0.2) is 9.97 Å². The second kappa shape index (κ2) is 10.5. The van der Waals surface area contributed by atoms with Gasteiger partial charge in [-0.05, 0) is 92.3 Å². The highest BCUT2D eigenvalue weighted by molar-refractivity contribution is 5.81. The molecule has 2 N–H and O–H groups in total. The number of fused-ring (bicyclic) bond motifs is 8. The van der Waals surface area contributed by atoms with Crippen molar-refractivity contribution in [3.8, 4) is 0 Å². The Morgan fingerprint density at radius 2 is 1.37 bits per heavy atom. The predicted molar refractivity (Wildman–Crippen MR) is 150 cm³/mol. The van der Waals surface area contributed by atoms with Crippen LogP contribution in [0.25, 0.3) is 46.4 Å². The summed E-state index contributed by atoms with van der Waals surface area (Å²) in [6, 6.07) is 12.9. The average Bonchev–Trinajstić information content (AvgIpc) is 3.67. The van der Waals surface area contributed by atoms with Crippen LogP contribution in [0.1, 0.15) is 99.1 Å². The first-order chi connectivity index (χ1) is 17.2.